The molecule has 56 heavy (non-hydrogen) atoms. The fraction of sp³-hybridized carbons (Fsp3) is 0.160. The highest BCUT2D eigenvalue weighted by molar-refractivity contribution is 7.01. The third-order valence-electron chi connectivity index (χ3n) is 12.8. The minimum atomic E-state index is -0.0170. The number of hydrogen-bond acceptors (Lipinski definition) is 4. The number of fused-ring (bicyclic) bond motifs is 10. The maximum atomic E-state index is 5.52. The molecule has 6 heteroatoms. The van der Waals surface area contributed by atoms with Gasteiger partial charge >= 0.3 is 0 Å². The van der Waals surface area contributed by atoms with E-state index in [1.165, 1.54) is 99.1 Å². The quantitative estimate of drug-likeness (QED) is 0.169. The van der Waals surface area contributed by atoms with Crippen molar-refractivity contribution in [1.29, 1.82) is 0 Å². The lowest BCUT2D eigenvalue weighted by molar-refractivity contribution is 1.08. The third kappa shape index (κ3) is 4.44. The number of rotatable bonds is 2. The maximum absolute atomic E-state index is 5.52. The summed E-state index contributed by atoms with van der Waals surface area (Å²) < 4.78 is 0. The van der Waals surface area contributed by atoms with E-state index in [-0.39, 0.29) is 13.4 Å². The molecule has 268 valence electrons. The van der Waals surface area contributed by atoms with Crippen molar-refractivity contribution in [1.82, 2.24) is 9.97 Å². The Morgan fingerprint density at radius 1 is 0.411 bits per heavy atom. The molecule has 0 N–H and O–H groups in total. The highest BCUT2D eigenvalue weighted by Crippen LogP contribution is 2.56. The van der Waals surface area contributed by atoms with Crippen molar-refractivity contribution in [3.05, 3.63) is 154 Å². The van der Waals surface area contributed by atoms with Crippen molar-refractivity contribution in [2.45, 2.75) is 55.4 Å². The van der Waals surface area contributed by atoms with Gasteiger partial charge in [0.15, 0.2) is 0 Å². The highest BCUT2D eigenvalue weighted by atomic mass is 15.3. The maximum Gasteiger partial charge on any atom is 0.250 e. The van der Waals surface area contributed by atoms with Gasteiger partial charge in [-0.15, -0.1) is 0 Å². The van der Waals surface area contributed by atoms with E-state index in [2.05, 4.69) is 174 Å². The molecule has 0 atom stereocenters. The molecule has 4 nitrogen and oxygen atoms in total. The molecule has 0 aliphatic carbocycles. The lowest BCUT2D eigenvalue weighted by Gasteiger charge is -2.49. The smallest absolute Gasteiger partial charge is 0.250 e. The third-order valence-corrected chi connectivity index (χ3v) is 12.8. The molecule has 5 heterocycles. The molecule has 6 aromatic carbocycles. The van der Waals surface area contributed by atoms with Gasteiger partial charge in [0.2, 0.25) is 13.4 Å². The number of aromatic nitrogens is 2. The molecule has 0 bridgehead atoms. The summed E-state index contributed by atoms with van der Waals surface area (Å²) in [5.74, 6) is 2.02. The van der Waals surface area contributed by atoms with Gasteiger partial charge in [-0.1, -0.05) is 129 Å². The summed E-state index contributed by atoms with van der Waals surface area (Å²) in [4.78, 5) is 16.1. The van der Waals surface area contributed by atoms with Crippen LogP contribution in [0.4, 0.5) is 34.4 Å². The van der Waals surface area contributed by atoms with E-state index in [9.17, 15) is 0 Å². The largest absolute Gasteiger partial charge is 0.292 e. The van der Waals surface area contributed by atoms with Crippen LogP contribution in [0.3, 0.4) is 0 Å². The van der Waals surface area contributed by atoms with E-state index >= 15 is 0 Å². The summed E-state index contributed by atoms with van der Waals surface area (Å²) in [6, 6.07) is 41.4. The Hall–Kier alpha value is -6.13. The van der Waals surface area contributed by atoms with Gasteiger partial charge in [0.05, 0.1) is 22.7 Å². The van der Waals surface area contributed by atoms with E-state index in [0.29, 0.717) is 0 Å². The molecule has 3 aliphatic rings. The second kappa shape index (κ2) is 11.7. The Kier molecular flexibility index (Phi) is 6.94. The predicted molar refractivity (Wildman–Crippen MR) is 240 cm³/mol. The zero-order valence-corrected chi connectivity index (χ0v) is 33.3. The van der Waals surface area contributed by atoms with Crippen molar-refractivity contribution >= 4 is 102 Å². The Morgan fingerprint density at radius 2 is 0.786 bits per heavy atom. The number of pyridine rings is 2. The van der Waals surface area contributed by atoms with Crippen LogP contribution in [0.2, 0.25) is 0 Å². The van der Waals surface area contributed by atoms with Gasteiger partial charge in [-0.2, -0.15) is 0 Å². The SMILES string of the molecule is Cc1cc(C)c(B2c3ccc(C)nc3N3c4cc5ccccc5c5c4N(c4cc6ccccc6c2c43)c2nc(C)ccc2B5c2c(C)cc(C)cc2C)c(C)c1. The molecule has 0 amide bonds. The summed E-state index contributed by atoms with van der Waals surface area (Å²) in [5, 5.41) is 5.00. The zero-order chi connectivity index (χ0) is 38.3. The van der Waals surface area contributed by atoms with Gasteiger partial charge in [0, 0.05) is 11.4 Å². The lowest BCUT2D eigenvalue weighted by Crippen LogP contribution is -2.62. The lowest BCUT2D eigenvalue weighted by atomic mass is 9.32. The van der Waals surface area contributed by atoms with Gasteiger partial charge in [-0.3, -0.25) is 9.80 Å². The topological polar surface area (TPSA) is 32.3 Å². The monoisotopic (exact) mass is 720 g/mol. The van der Waals surface area contributed by atoms with E-state index in [1.807, 2.05) is 0 Å². The Balaban J connectivity index is 1.36. The summed E-state index contributed by atoms with van der Waals surface area (Å²) in [5.41, 5.74) is 22.4. The molecular formula is C50H42B2N4. The molecule has 0 spiro atoms. The molecular weight excluding hydrogens is 678 g/mol. The fourth-order valence-corrected chi connectivity index (χ4v) is 10.9. The Labute approximate surface area is 330 Å². The average Bonchev–Trinajstić information content (AvgIpc) is 3.16. The van der Waals surface area contributed by atoms with Gasteiger partial charge in [-0.25, -0.2) is 9.97 Å². The standard InChI is InChI=1S/C50H42B2N4/c1-27-21-29(3)43(30(4)22-27)51-39-19-17-33(7)53-49(39)55-42-26-36-14-10-12-16-38(36)46-48(42)56(41-25-35-13-9-11-15-37(35)45(51)47(41)55)50-40(20-18-34(8)54-50)52(46)44-31(5)23-28(2)24-32(44)6/h9-26H,1-8H3. The number of aryl methyl sites for hydroxylation is 8. The number of nitrogens with zero attached hydrogens (tertiary/aromatic N) is 4. The fourth-order valence-electron chi connectivity index (χ4n) is 10.9. The summed E-state index contributed by atoms with van der Waals surface area (Å²) in [6.07, 6.45) is 0. The molecule has 8 aromatic rings. The average molecular weight is 721 g/mol. The Morgan fingerprint density at radius 3 is 1.18 bits per heavy atom. The van der Waals surface area contributed by atoms with Crippen molar-refractivity contribution in [2.75, 3.05) is 9.80 Å². The van der Waals surface area contributed by atoms with Crippen molar-refractivity contribution in [3.63, 3.8) is 0 Å². The molecule has 0 saturated carbocycles. The molecule has 0 unspecified atom stereocenters. The predicted octanol–water partition coefficient (Wildman–Crippen LogP) is 8.16. The first-order chi connectivity index (χ1) is 27.1. The van der Waals surface area contributed by atoms with Crippen LogP contribution in [0.1, 0.15) is 44.8 Å². The first-order valence-electron chi connectivity index (χ1n) is 19.9. The minimum Gasteiger partial charge on any atom is -0.292 e. The minimum absolute atomic E-state index is 0.0170. The van der Waals surface area contributed by atoms with Crippen LogP contribution >= 0.6 is 0 Å². The van der Waals surface area contributed by atoms with Crippen LogP contribution < -0.4 is 42.6 Å². The molecule has 0 fully saturated rings. The van der Waals surface area contributed by atoms with Crippen molar-refractivity contribution in [3.8, 4) is 0 Å². The van der Waals surface area contributed by atoms with Gasteiger partial charge in [0.1, 0.15) is 11.6 Å². The van der Waals surface area contributed by atoms with Gasteiger partial charge < -0.3 is 0 Å². The van der Waals surface area contributed by atoms with E-state index in [0.717, 1.165) is 34.4 Å². The van der Waals surface area contributed by atoms with Gasteiger partial charge in [0.25, 0.3) is 0 Å². The Bertz CT molecular complexity index is 2800. The normalized spacial score (nSPS) is 13.6. The molecule has 2 aromatic heterocycles. The van der Waals surface area contributed by atoms with Crippen LogP contribution in [0.25, 0.3) is 21.5 Å². The number of benzene rings is 6. The second-order valence-corrected chi connectivity index (χ2v) is 16.7. The molecule has 0 radical (unpaired) electrons. The second-order valence-electron chi connectivity index (χ2n) is 16.7. The van der Waals surface area contributed by atoms with Crippen LogP contribution in [-0.4, -0.2) is 23.4 Å². The number of hydrogen-bond donors (Lipinski definition) is 0. The highest BCUT2D eigenvalue weighted by Gasteiger charge is 2.49. The van der Waals surface area contributed by atoms with E-state index < -0.39 is 0 Å². The van der Waals surface area contributed by atoms with E-state index in [4.69, 9.17) is 9.97 Å². The zero-order valence-electron chi connectivity index (χ0n) is 33.3. The molecule has 11 rings (SSSR count). The van der Waals surface area contributed by atoms with Crippen LogP contribution in [0.15, 0.2) is 109 Å². The van der Waals surface area contributed by atoms with Crippen molar-refractivity contribution in [2.24, 2.45) is 0 Å². The van der Waals surface area contributed by atoms with Gasteiger partial charge in [-0.05, 0) is 123 Å². The van der Waals surface area contributed by atoms with Crippen LogP contribution in [0, 0.1) is 55.4 Å². The first-order valence-corrected chi connectivity index (χ1v) is 19.9. The van der Waals surface area contributed by atoms with Crippen molar-refractivity contribution < 1.29 is 0 Å². The molecule has 3 aliphatic heterocycles. The summed E-state index contributed by atoms with van der Waals surface area (Å²) in [6.45, 7) is 17.8. The van der Waals surface area contributed by atoms with Crippen LogP contribution in [-0.2, 0) is 0 Å². The molecule has 0 saturated heterocycles. The van der Waals surface area contributed by atoms with E-state index in [1.54, 1.807) is 0 Å². The summed E-state index contributed by atoms with van der Waals surface area (Å²) >= 11 is 0. The first kappa shape index (κ1) is 33.2. The number of anilines is 6. The van der Waals surface area contributed by atoms with Crippen LogP contribution in [0.5, 0.6) is 0 Å². The summed E-state index contributed by atoms with van der Waals surface area (Å²) in [7, 11) is 0.